The molecule has 0 aliphatic heterocycles. The highest BCUT2D eigenvalue weighted by atomic mass is 19.4. The fourth-order valence-electron chi connectivity index (χ4n) is 4.09. The van der Waals surface area contributed by atoms with Crippen LogP contribution in [0.5, 0.6) is 0 Å². The van der Waals surface area contributed by atoms with E-state index in [9.17, 15) is 18.0 Å². The number of carbonyl (C=O) groups is 1. The molecule has 0 saturated carbocycles. The Hall–Kier alpha value is -4.66. The van der Waals surface area contributed by atoms with Crippen molar-refractivity contribution in [2.75, 3.05) is 5.32 Å². The minimum Gasteiger partial charge on any atom is -0.478 e. The molecule has 0 atom stereocenters. The predicted molar refractivity (Wildman–Crippen MR) is 134 cm³/mol. The Morgan fingerprint density at radius 2 is 1.54 bits per heavy atom. The summed E-state index contributed by atoms with van der Waals surface area (Å²) in [5.41, 5.74) is 5.05. The second-order valence-corrected chi connectivity index (χ2v) is 8.55. The van der Waals surface area contributed by atoms with Crippen LogP contribution in [0, 0.1) is 0 Å². The molecule has 186 valence electrons. The minimum absolute atomic E-state index is 0.205. The fraction of sp³-hybridized carbons (Fsp3) is 0.107. The number of hydrogen-bond acceptors (Lipinski definition) is 4. The van der Waals surface area contributed by atoms with E-state index < -0.39 is 17.7 Å². The molecule has 0 bridgehead atoms. The number of carboxylic acid groups (broad SMARTS) is 1. The molecule has 1 heterocycles. The maximum absolute atomic E-state index is 13.0. The van der Waals surface area contributed by atoms with E-state index in [1.807, 2.05) is 42.5 Å². The highest BCUT2D eigenvalue weighted by molar-refractivity contribution is 5.93. The summed E-state index contributed by atoms with van der Waals surface area (Å²) in [6.07, 6.45) is -4.40. The van der Waals surface area contributed by atoms with E-state index in [0.29, 0.717) is 23.1 Å². The van der Waals surface area contributed by atoms with Gasteiger partial charge in [0.15, 0.2) is 0 Å². The Morgan fingerprint density at radius 1 is 0.865 bits per heavy atom. The molecule has 5 aromatic rings. The number of benzene rings is 4. The maximum atomic E-state index is 13.0. The van der Waals surface area contributed by atoms with Crippen molar-refractivity contribution in [3.8, 4) is 11.1 Å². The molecule has 6 nitrogen and oxygen atoms in total. The van der Waals surface area contributed by atoms with Crippen molar-refractivity contribution in [2.24, 2.45) is 0 Å². The van der Waals surface area contributed by atoms with Gasteiger partial charge in [-0.05, 0) is 58.7 Å². The Labute approximate surface area is 210 Å². The van der Waals surface area contributed by atoms with Crippen LogP contribution in [0.15, 0.2) is 91.0 Å². The zero-order valence-corrected chi connectivity index (χ0v) is 19.4. The topological polar surface area (TPSA) is 80.0 Å². The second kappa shape index (κ2) is 9.77. The van der Waals surface area contributed by atoms with Gasteiger partial charge < -0.3 is 10.4 Å². The Morgan fingerprint density at radius 3 is 2.19 bits per heavy atom. The predicted octanol–water partition coefficient (Wildman–Crippen LogP) is 6.48. The number of rotatable bonds is 7. The molecule has 37 heavy (non-hydrogen) atoms. The molecule has 0 spiro atoms. The molecule has 0 amide bonds. The first-order valence-electron chi connectivity index (χ1n) is 11.4. The lowest BCUT2D eigenvalue weighted by Gasteiger charge is -2.13. The summed E-state index contributed by atoms with van der Waals surface area (Å²) in [6, 6.07) is 25.3. The van der Waals surface area contributed by atoms with Crippen molar-refractivity contribution in [1.29, 1.82) is 0 Å². The third-order valence-corrected chi connectivity index (χ3v) is 6.01. The minimum atomic E-state index is -4.40. The SMILES string of the molecule is O=C(O)c1ccc(CNc2cc(-c3ccccc3)cc3nnn(Cc4ccc(C(F)(F)F)cc4)c23)cc1. The standard InChI is InChI=1S/C28H21F3N4O2/c29-28(30,31)23-12-8-19(9-13-23)17-35-26-24(32-16-18-6-10-21(11-7-18)27(36)37)14-22(15-25(26)33-34-35)20-4-2-1-3-5-20/h1-15,32H,16-17H2,(H,36,37). The number of fused-ring (bicyclic) bond motifs is 1. The van der Waals surface area contributed by atoms with Gasteiger partial charge in [0, 0.05) is 6.54 Å². The van der Waals surface area contributed by atoms with Gasteiger partial charge in [-0.25, -0.2) is 9.48 Å². The molecule has 0 unspecified atom stereocenters. The molecular formula is C28H21F3N4O2. The van der Waals surface area contributed by atoms with E-state index in [-0.39, 0.29) is 12.1 Å². The van der Waals surface area contributed by atoms with Gasteiger partial charge in [-0.2, -0.15) is 13.2 Å². The van der Waals surface area contributed by atoms with Crippen LogP contribution in [0.1, 0.15) is 27.0 Å². The first-order valence-corrected chi connectivity index (χ1v) is 11.4. The lowest BCUT2D eigenvalue weighted by atomic mass is 10.0. The number of hydrogen-bond donors (Lipinski definition) is 2. The smallest absolute Gasteiger partial charge is 0.416 e. The van der Waals surface area contributed by atoms with Gasteiger partial charge in [0.25, 0.3) is 0 Å². The highest BCUT2D eigenvalue weighted by Gasteiger charge is 2.30. The van der Waals surface area contributed by atoms with Crippen LogP contribution < -0.4 is 5.32 Å². The third-order valence-electron chi connectivity index (χ3n) is 6.01. The van der Waals surface area contributed by atoms with Gasteiger partial charge in [0.05, 0.1) is 23.4 Å². The van der Waals surface area contributed by atoms with Gasteiger partial charge in [-0.3, -0.25) is 0 Å². The maximum Gasteiger partial charge on any atom is 0.416 e. The van der Waals surface area contributed by atoms with Crippen LogP contribution in [0.2, 0.25) is 0 Å². The first-order chi connectivity index (χ1) is 17.8. The lowest BCUT2D eigenvalue weighted by molar-refractivity contribution is -0.137. The molecular weight excluding hydrogens is 481 g/mol. The fourth-order valence-corrected chi connectivity index (χ4v) is 4.09. The van der Waals surface area contributed by atoms with Crippen molar-refractivity contribution in [1.82, 2.24) is 15.0 Å². The lowest BCUT2D eigenvalue weighted by Crippen LogP contribution is -2.08. The third kappa shape index (κ3) is 5.30. The summed E-state index contributed by atoms with van der Waals surface area (Å²) in [5.74, 6) is -0.991. The number of halogens is 3. The molecule has 0 saturated heterocycles. The first kappa shape index (κ1) is 24.1. The zero-order valence-electron chi connectivity index (χ0n) is 19.4. The molecule has 0 radical (unpaired) electrons. The van der Waals surface area contributed by atoms with Crippen LogP contribution in [-0.2, 0) is 19.3 Å². The largest absolute Gasteiger partial charge is 0.478 e. The van der Waals surface area contributed by atoms with Crippen LogP contribution in [0.25, 0.3) is 22.2 Å². The van der Waals surface area contributed by atoms with E-state index in [4.69, 9.17) is 5.11 Å². The number of aromatic nitrogens is 3. The van der Waals surface area contributed by atoms with E-state index in [0.717, 1.165) is 34.5 Å². The number of alkyl halides is 3. The summed E-state index contributed by atoms with van der Waals surface area (Å²) in [7, 11) is 0. The van der Waals surface area contributed by atoms with E-state index in [1.54, 1.807) is 28.9 Å². The van der Waals surface area contributed by atoms with Gasteiger partial charge >= 0.3 is 12.1 Å². The molecule has 4 aromatic carbocycles. The van der Waals surface area contributed by atoms with Crippen molar-refractivity contribution < 1.29 is 23.1 Å². The monoisotopic (exact) mass is 502 g/mol. The van der Waals surface area contributed by atoms with E-state index >= 15 is 0 Å². The normalized spacial score (nSPS) is 11.5. The van der Waals surface area contributed by atoms with E-state index in [2.05, 4.69) is 15.6 Å². The van der Waals surface area contributed by atoms with Crippen molar-refractivity contribution in [2.45, 2.75) is 19.3 Å². The van der Waals surface area contributed by atoms with Crippen LogP contribution in [0.3, 0.4) is 0 Å². The molecule has 9 heteroatoms. The number of nitrogens with one attached hydrogen (secondary N) is 1. The zero-order chi connectivity index (χ0) is 26.0. The molecule has 1 aromatic heterocycles. The van der Waals surface area contributed by atoms with E-state index in [1.165, 1.54) is 12.1 Å². The van der Waals surface area contributed by atoms with Gasteiger partial charge in [0.2, 0.25) is 0 Å². The summed E-state index contributed by atoms with van der Waals surface area (Å²) in [5, 5.41) is 21.2. The molecule has 0 aliphatic carbocycles. The van der Waals surface area contributed by atoms with Gasteiger partial charge in [-0.15, -0.1) is 5.10 Å². The van der Waals surface area contributed by atoms with Gasteiger partial charge in [0.1, 0.15) is 11.0 Å². The van der Waals surface area contributed by atoms with Crippen molar-refractivity contribution in [3.05, 3.63) is 113 Å². The number of aromatic carboxylic acids is 1. The summed E-state index contributed by atoms with van der Waals surface area (Å²) >= 11 is 0. The molecule has 2 N–H and O–H groups in total. The number of anilines is 1. The number of carboxylic acids is 1. The van der Waals surface area contributed by atoms with Crippen LogP contribution in [-0.4, -0.2) is 26.1 Å². The van der Waals surface area contributed by atoms with Crippen molar-refractivity contribution in [3.63, 3.8) is 0 Å². The van der Waals surface area contributed by atoms with Crippen molar-refractivity contribution >= 4 is 22.7 Å². The Bertz CT molecular complexity index is 1550. The molecule has 0 fully saturated rings. The molecule has 0 aliphatic rings. The van der Waals surface area contributed by atoms with Crippen LogP contribution >= 0.6 is 0 Å². The Balaban J connectivity index is 1.50. The highest BCUT2D eigenvalue weighted by Crippen LogP contribution is 2.32. The second-order valence-electron chi connectivity index (χ2n) is 8.55. The summed E-state index contributed by atoms with van der Waals surface area (Å²) in [6.45, 7) is 0.653. The average molecular weight is 502 g/mol. The molecule has 5 rings (SSSR count). The quantitative estimate of drug-likeness (QED) is 0.266. The van der Waals surface area contributed by atoms with Crippen LogP contribution in [0.4, 0.5) is 18.9 Å². The summed E-state index contributed by atoms with van der Waals surface area (Å²) < 4.78 is 40.5. The van der Waals surface area contributed by atoms with Gasteiger partial charge in [-0.1, -0.05) is 59.8 Å². The Kier molecular flexibility index (Phi) is 6.35. The summed E-state index contributed by atoms with van der Waals surface area (Å²) in [4.78, 5) is 11.1. The number of nitrogens with zero attached hydrogens (tertiary/aromatic N) is 3. The average Bonchev–Trinajstić information content (AvgIpc) is 3.30.